The smallest absolute Gasteiger partial charge is 0.273 e. The fourth-order valence-electron chi connectivity index (χ4n) is 2.30. The third-order valence-electron chi connectivity index (χ3n) is 3.31. The second-order valence-electron chi connectivity index (χ2n) is 6.30. The van der Waals surface area contributed by atoms with Gasteiger partial charge < -0.3 is 10.6 Å². The van der Waals surface area contributed by atoms with Gasteiger partial charge in [0.2, 0.25) is 0 Å². The molecule has 26 heavy (non-hydrogen) atoms. The molecule has 0 radical (unpaired) electrons. The highest BCUT2D eigenvalue weighted by molar-refractivity contribution is 7.25. The van der Waals surface area contributed by atoms with Crippen molar-refractivity contribution in [2.75, 3.05) is 0 Å². The predicted octanol–water partition coefficient (Wildman–Crippen LogP) is 2.49. The van der Waals surface area contributed by atoms with Crippen LogP contribution in [0.15, 0.2) is 12.3 Å². The zero-order valence-electron chi connectivity index (χ0n) is 14.7. The summed E-state index contributed by atoms with van der Waals surface area (Å²) in [6.45, 7) is 7.53. The molecule has 0 aliphatic heterocycles. The van der Waals surface area contributed by atoms with E-state index in [-0.39, 0.29) is 35.3 Å². The van der Waals surface area contributed by atoms with Gasteiger partial charge in [0.15, 0.2) is 11.4 Å². The van der Waals surface area contributed by atoms with Gasteiger partial charge in [0.25, 0.3) is 11.8 Å². The van der Waals surface area contributed by atoms with Crippen LogP contribution in [0.5, 0.6) is 0 Å². The topological polar surface area (TPSA) is 110 Å². The average molecular weight is 390 g/mol. The van der Waals surface area contributed by atoms with Crippen molar-refractivity contribution in [2.24, 2.45) is 0 Å². The van der Waals surface area contributed by atoms with E-state index in [9.17, 15) is 9.59 Å². The number of nitrogens with zero attached hydrogens (tertiary/aromatic N) is 4. The number of nitrogens with one attached hydrogen (secondary N) is 2. The first kappa shape index (κ1) is 18.3. The maximum absolute atomic E-state index is 12.4. The number of rotatable bonds is 5. The van der Waals surface area contributed by atoms with Crippen LogP contribution in [-0.4, -0.2) is 43.7 Å². The number of hydrogen-bond acceptors (Lipinski definition) is 8. The standard InChI is InChI=1S/C16H18N6O2S2/c1-7(2)18-15(23)11-13-9(6-17-20-11)5-10(25-13)14-12(21-22-26-14)16(24)19-8(3)4/h5-8H,1-4H3,(H,18,23)(H,19,24). The maximum atomic E-state index is 12.4. The summed E-state index contributed by atoms with van der Waals surface area (Å²) in [7, 11) is 0. The summed E-state index contributed by atoms with van der Waals surface area (Å²) in [4.78, 5) is 26.2. The van der Waals surface area contributed by atoms with E-state index in [4.69, 9.17) is 0 Å². The molecule has 0 unspecified atom stereocenters. The molecule has 3 aromatic heterocycles. The number of aromatic nitrogens is 4. The van der Waals surface area contributed by atoms with Gasteiger partial charge in [-0.3, -0.25) is 9.59 Å². The quantitative estimate of drug-likeness (QED) is 0.693. The third-order valence-corrected chi connectivity index (χ3v) is 5.38. The maximum Gasteiger partial charge on any atom is 0.273 e. The van der Waals surface area contributed by atoms with Crippen LogP contribution in [0.1, 0.15) is 48.7 Å². The van der Waals surface area contributed by atoms with Crippen LogP contribution in [0.3, 0.4) is 0 Å². The van der Waals surface area contributed by atoms with E-state index < -0.39 is 0 Å². The largest absolute Gasteiger partial charge is 0.348 e. The number of hydrogen-bond donors (Lipinski definition) is 2. The van der Waals surface area contributed by atoms with Gasteiger partial charge in [-0.2, -0.15) is 5.10 Å². The molecule has 0 spiro atoms. The molecule has 2 N–H and O–H groups in total. The highest BCUT2D eigenvalue weighted by Crippen LogP contribution is 2.37. The Bertz CT molecular complexity index is 963. The summed E-state index contributed by atoms with van der Waals surface area (Å²) in [6, 6.07) is 1.87. The molecule has 136 valence electrons. The van der Waals surface area contributed by atoms with E-state index in [0.29, 0.717) is 4.88 Å². The van der Waals surface area contributed by atoms with Crippen molar-refractivity contribution in [3.05, 3.63) is 23.7 Å². The third kappa shape index (κ3) is 3.70. The van der Waals surface area contributed by atoms with E-state index in [0.717, 1.165) is 26.5 Å². The predicted molar refractivity (Wildman–Crippen MR) is 102 cm³/mol. The fourth-order valence-corrected chi connectivity index (χ4v) is 4.17. The SMILES string of the molecule is CC(C)NC(=O)c1nnsc1-c1cc2cnnc(C(=O)NC(C)C)c2s1. The van der Waals surface area contributed by atoms with Gasteiger partial charge in [-0.05, 0) is 45.3 Å². The van der Waals surface area contributed by atoms with Crippen LogP contribution < -0.4 is 10.6 Å². The lowest BCUT2D eigenvalue weighted by molar-refractivity contribution is 0.0930. The first-order valence-corrected chi connectivity index (χ1v) is 9.65. The van der Waals surface area contributed by atoms with Crippen molar-refractivity contribution in [1.82, 2.24) is 30.4 Å². The van der Waals surface area contributed by atoms with Gasteiger partial charge in [-0.15, -0.1) is 21.5 Å². The average Bonchev–Trinajstić information content (AvgIpc) is 3.19. The molecule has 3 aromatic rings. The Kier molecular flexibility index (Phi) is 5.23. The first-order valence-electron chi connectivity index (χ1n) is 8.06. The lowest BCUT2D eigenvalue weighted by Crippen LogP contribution is -2.30. The molecule has 0 saturated heterocycles. The molecule has 3 rings (SSSR count). The summed E-state index contributed by atoms with van der Waals surface area (Å²) in [5, 5.41) is 18.3. The van der Waals surface area contributed by atoms with Crippen molar-refractivity contribution >= 4 is 44.8 Å². The van der Waals surface area contributed by atoms with E-state index in [1.807, 2.05) is 33.8 Å². The minimum atomic E-state index is -0.272. The molecule has 10 heteroatoms. The van der Waals surface area contributed by atoms with E-state index >= 15 is 0 Å². The second kappa shape index (κ2) is 7.42. The Balaban J connectivity index is 2.02. The molecule has 0 saturated carbocycles. The number of fused-ring (bicyclic) bond motifs is 1. The van der Waals surface area contributed by atoms with Crippen LogP contribution >= 0.6 is 22.9 Å². The summed E-state index contributed by atoms with van der Waals surface area (Å²) in [6.07, 6.45) is 1.60. The Morgan fingerprint density at radius 1 is 1.00 bits per heavy atom. The Morgan fingerprint density at radius 3 is 2.31 bits per heavy atom. The molecule has 0 aliphatic rings. The molecule has 3 heterocycles. The Morgan fingerprint density at radius 2 is 1.65 bits per heavy atom. The molecular weight excluding hydrogens is 372 g/mol. The van der Waals surface area contributed by atoms with E-state index in [1.165, 1.54) is 11.3 Å². The second-order valence-corrected chi connectivity index (χ2v) is 8.10. The normalized spacial score (nSPS) is 11.3. The van der Waals surface area contributed by atoms with Gasteiger partial charge >= 0.3 is 0 Å². The monoisotopic (exact) mass is 390 g/mol. The minimum Gasteiger partial charge on any atom is -0.348 e. The molecule has 0 atom stereocenters. The summed E-state index contributed by atoms with van der Waals surface area (Å²) >= 11 is 2.52. The first-order chi connectivity index (χ1) is 12.4. The molecule has 0 fully saturated rings. The Labute approximate surface area is 158 Å². The summed E-state index contributed by atoms with van der Waals surface area (Å²) in [5.41, 5.74) is 0.558. The lowest BCUT2D eigenvalue weighted by atomic mass is 10.2. The van der Waals surface area contributed by atoms with Gasteiger partial charge in [0, 0.05) is 22.3 Å². The van der Waals surface area contributed by atoms with Crippen LogP contribution in [-0.2, 0) is 0 Å². The van der Waals surface area contributed by atoms with Gasteiger partial charge in [-0.1, -0.05) is 4.49 Å². The zero-order chi connectivity index (χ0) is 18.8. The molecule has 0 bridgehead atoms. The van der Waals surface area contributed by atoms with Crippen molar-refractivity contribution in [2.45, 2.75) is 39.8 Å². The summed E-state index contributed by atoms with van der Waals surface area (Å²) < 4.78 is 4.64. The van der Waals surface area contributed by atoms with Crippen LogP contribution in [0.2, 0.25) is 0 Å². The van der Waals surface area contributed by atoms with Gasteiger partial charge in [0.1, 0.15) is 0 Å². The Hall–Kier alpha value is -2.46. The number of thiophene rings is 1. The van der Waals surface area contributed by atoms with E-state index in [2.05, 4.69) is 30.4 Å². The minimum absolute atomic E-state index is 0.000750. The van der Waals surface area contributed by atoms with E-state index in [1.54, 1.807) is 6.20 Å². The van der Waals surface area contributed by atoms with Gasteiger partial charge in [-0.25, -0.2) is 0 Å². The van der Waals surface area contributed by atoms with Crippen molar-refractivity contribution in [3.8, 4) is 9.75 Å². The van der Waals surface area contributed by atoms with Crippen molar-refractivity contribution in [3.63, 3.8) is 0 Å². The number of amides is 2. The van der Waals surface area contributed by atoms with Gasteiger partial charge in [0.05, 0.1) is 15.8 Å². The zero-order valence-corrected chi connectivity index (χ0v) is 16.4. The fraction of sp³-hybridized carbons (Fsp3) is 0.375. The lowest BCUT2D eigenvalue weighted by Gasteiger charge is -2.07. The number of carbonyl (C=O) groups is 2. The van der Waals surface area contributed by atoms with Crippen molar-refractivity contribution in [1.29, 1.82) is 0 Å². The molecular formula is C16H18N6O2S2. The van der Waals surface area contributed by atoms with Crippen LogP contribution in [0, 0.1) is 0 Å². The molecule has 8 nitrogen and oxygen atoms in total. The highest BCUT2D eigenvalue weighted by Gasteiger charge is 2.22. The summed E-state index contributed by atoms with van der Waals surface area (Å²) in [5.74, 6) is -0.540. The molecule has 0 aliphatic carbocycles. The molecule has 2 amide bonds. The number of carbonyl (C=O) groups excluding carboxylic acids is 2. The molecule has 0 aromatic carbocycles. The highest BCUT2D eigenvalue weighted by atomic mass is 32.1. The van der Waals surface area contributed by atoms with Crippen LogP contribution in [0.4, 0.5) is 0 Å². The van der Waals surface area contributed by atoms with Crippen molar-refractivity contribution < 1.29 is 9.59 Å². The van der Waals surface area contributed by atoms with Crippen LogP contribution in [0.25, 0.3) is 19.8 Å².